The molecular formula is C14H18N4O. The van der Waals surface area contributed by atoms with Gasteiger partial charge in [0.15, 0.2) is 0 Å². The lowest BCUT2D eigenvalue weighted by atomic mass is 10.1. The summed E-state index contributed by atoms with van der Waals surface area (Å²) in [5, 5.41) is 7.41. The van der Waals surface area contributed by atoms with Crippen LogP contribution in [0.15, 0.2) is 24.5 Å². The fourth-order valence-electron chi connectivity index (χ4n) is 2.59. The molecule has 1 fully saturated rings. The molecule has 3 rings (SSSR count). The average molecular weight is 258 g/mol. The van der Waals surface area contributed by atoms with E-state index in [1.807, 2.05) is 18.3 Å². The van der Waals surface area contributed by atoms with Crippen LogP contribution < -0.4 is 10.6 Å². The Labute approximate surface area is 111 Å². The number of carbonyl (C=O) groups is 1. The fourth-order valence-corrected chi connectivity index (χ4v) is 2.59. The highest BCUT2D eigenvalue weighted by Gasteiger charge is 2.16. The van der Waals surface area contributed by atoms with Crippen molar-refractivity contribution < 1.29 is 4.79 Å². The van der Waals surface area contributed by atoms with Gasteiger partial charge in [-0.05, 0) is 37.1 Å². The molecule has 19 heavy (non-hydrogen) atoms. The van der Waals surface area contributed by atoms with Gasteiger partial charge < -0.3 is 15.6 Å². The molecule has 1 amide bonds. The maximum absolute atomic E-state index is 12.0. The number of rotatable bonds is 3. The first-order valence-electron chi connectivity index (χ1n) is 6.74. The largest absolute Gasteiger partial charge is 0.352 e. The highest BCUT2D eigenvalue weighted by atomic mass is 16.1. The van der Waals surface area contributed by atoms with Gasteiger partial charge in [-0.2, -0.15) is 0 Å². The molecule has 0 radical (unpaired) electrons. The van der Waals surface area contributed by atoms with Crippen molar-refractivity contribution in [3.05, 3.63) is 30.1 Å². The van der Waals surface area contributed by atoms with Crippen molar-refractivity contribution in [1.29, 1.82) is 0 Å². The maximum Gasteiger partial charge on any atom is 0.224 e. The number of aromatic amines is 1. The van der Waals surface area contributed by atoms with Gasteiger partial charge in [-0.1, -0.05) is 0 Å². The summed E-state index contributed by atoms with van der Waals surface area (Å²) in [6.45, 7) is 1.93. The van der Waals surface area contributed by atoms with Crippen LogP contribution in [0.25, 0.3) is 11.0 Å². The van der Waals surface area contributed by atoms with Gasteiger partial charge in [-0.3, -0.25) is 4.79 Å². The summed E-state index contributed by atoms with van der Waals surface area (Å²) in [6.07, 6.45) is 6.21. The predicted molar refractivity (Wildman–Crippen MR) is 73.8 cm³/mol. The second-order valence-corrected chi connectivity index (χ2v) is 5.00. The lowest BCUT2D eigenvalue weighted by molar-refractivity contribution is -0.121. The molecule has 1 aliphatic heterocycles. The van der Waals surface area contributed by atoms with Crippen molar-refractivity contribution >= 4 is 16.9 Å². The van der Waals surface area contributed by atoms with Crippen LogP contribution in [-0.2, 0) is 11.2 Å². The Hall–Kier alpha value is -1.88. The molecule has 0 aliphatic carbocycles. The number of fused-ring (bicyclic) bond motifs is 1. The number of hydrogen-bond acceptors (Lipinski definition) is 3. The minimum absolute atomic E-state index is 0.0819. The second kappa shape index (κ2) is 5.40. The van der Waals surface area contributed by atoms with Gasteiger partial charge in [0.1, 0.15) is 5.65 Å². The van der Waals surface area contributed by atoms with E-state index in [0.29, 0.717) is 6.42 Å². The molecule has 0 spiro atoms. The average Bonchev–Trinajstić information content (AvgIpc) is 2.83. The molecular weight excluding hydrogens is 240 g/mol. The molecule has 2 aromatic heterocycles. The fraction of sp³-hybridized carbons (Fsp3) is 0.429. The third-order valence-electron chi connectivity index (χ3n) is 3.55. The van der Waals surface area contributed by atoms with Crippen molar-refractivity contribution in [2.75, 3.05) is 13.1 Å². The molecule has 0 aromatic carbocycles. The van der Waals surface area contributed by atoms with Gasteiger partial charge in [0.05, 0.1) is 6.42 Å². The third-order valence-corrected chi connectivity index (χ3v) is 3.55. The highest BCUT2D eigenvalue weighted by Crippen LogP contribution is 2.16. The zero-order chi connectivity index (χ0) is 13.1. The Morgan fingerprint density at radius 2 is 2.47 bits per heavy atom. The van der Waals surface area contributed by atoms with Crippen LogP contribution in [0, 0.1) is 0 Å². The number of carbonyl (C=O) groups excluding carboxylic acids is 1. The number of aromatic nitrogens is 2. The first-order valence-corrected chi connectivity index (χ1v) is 6.74. The van der Waals surface area contributed by atoms with E-state index in [9.17, 15) is 4.79 Å². The number of piperidine rings is 1. The first-order chi connectivity index (χ1) is 9.33. The number of amides is 1. The summed E-state index contributed by atoms with van der Waals surface area (Å²) in [5.41, 5.74) is 1.84. The molecule has 1 atom stereocenters. The molecule has 5 nitrogen and oxygen atoms in total. The zero-order valence-corrected chi connectivity index (χ0v) is 10.8. The number of pyridine rings is 1. The molecule has 1 saturated heterocycles. The Kier molecular flexibility index (Phi) is 3.46. The van der Waals surface area contributed by atoms with E-state index >= 15 is 0 Å². The van der Waals surface area contributed by atoms with Gasteiger partial charge in [-0.25, -0.2) is 4.98 Å². The number of nitrogens with zero attached hydrogens (tertiary/aromatic N) is 1. The van der Waals surface area contributed by atoms with Crippen LogP contribution >= 0.6 is 0 Å². The SMILES string of the molecule is O=C(Cc1c[nH]c2ncccc12)N[C@H]1CCCNC1. The molecule has 0 bridgehead atoms. The molecule has 0 saturated carbocycles. The topological polar surface area (TPSA) is 69.8 Å². The van der Waals surface area contributed by atoms with Crippen molar-refractivity contribution in [1.82, 2.24) is 20.6 Å². The van der Waals surface area contributed by atoms with E-state index in [-0.39, 0.29) is 11.9 Å². The highest BCUT2D eigenvalue weighted by molar-refractivity contribution is 5.87. The van der Waals surface area contributed by atoms with E-state index in [4.69, 9.17) is 0 Å². The molecule has 3 heterocycles. The smallest absolute Gasteiger partial charge is 0.224 e. The Morgan fingerprint density at radius 1 is 1.53 bits per heavy atom. The van der Waals surface area contributed by atoms with Crippen molar-refractivity contribution in [2.24, 2.45) is 0 Å². The Bertz CT molecular complexity index is 572. The Morgan fingerprint density at radius 3 is 3.32 bits per heavy atom. The predicted octanol–water partition coefficient (Wildman–Crippen LogP) is 0.974. The summed E-state index contributed by atoms with van der Waals surface area (Å²) < 4.78 is 0. The van der Waals surface area contributed by atoms with Crippen LogP contribution in [0.2, 0.25) is 0 Å². The summed E-state index contributed by atoms with van der Waals surface area (Å²) in [5.74, 6) is 0.0819. The maximum atomic E-state index is 12.0. The van der Waals surface area contributed by atoms with Crippen LogP contribution in [0.4, 0.5) is 0 Å². The lowest BCUT2D eigenvalue weighted by Crippen LogP contribution is -2.46. The standard InChI is InChI=1S/C14H18N4O/c19-13(18-11-3-1-5-15-9-11)7-10-8-17-14-12(10)4-2-6-16-14/h2,4,6,8,11,15H,1,3,5,7,9H2,(H,16,17)(H,18,19)/t11-/m0/s1. The number of H-pyrrole nitrogens is 1. The molecule has 0 unspecified atom stereocenters. The van der Waals surface area contributed by atoms with Crippen molar-refractivity contribution in [3.8, 4) is 0 Å². The summed E-state index contributed by atoms with van der Waals surface area (Å²) in [6, 6.07) is 4.15. The van der Waals surface area contributed by atoms with Gasteiger partial charge in [-0.15, -0.1) is 0 Å². The lowest BCUT2D eigenvalue weighted by Gasteiger charge is -2.23. The van der Waals surface area contributed by atoms with E-state index in [1.54, 1.807) is 6.20 Å². The van der Waals surface area contributed by atoms with Crippen LogP contribution in [0.1, 0.15) is 18.4 Å². The van der Waals surface area contributed by atoms with Crippen LogP contribution in [0.3, 0.4) is 0 Å². The minimum Gasteiger partial charge on any atom is -0.352 e. The molecule has 3 N–H and O–H groups in total. The minimum atomic E-state index is 0.0819. The van der Waals surface area contributed by atoms with Crippen molar-refractivity contribution in [2.45, 2.75) is 25.3 Å². The summed E-state index contributed by atoms with van der Waals surface area (Å²) in [7, 11) is 0. The number of nitrogens with one attached hydrogen (secondary N) is 3. The quantitative estimate of drug-likeness (QED) is 0.768. The monoisotopic (exact) mass is 258 g/mol. The van der Waals surface area contributed by atoms with Crippen LogP contribution in [0.5, 0.6) is 0 Å². The summed E-state index contributed by atoms with van der Waals surface area (Å²) in [4.78, 5) is 19.4. The van der Waals surface area contributed by atoms with E-state index in [1.165, 1.54) is 0 Å². The second-order valence-electron chi connectivity index (χ2n) is 5.00. The van der Waals surface area contributed by atoms with E-state index < -0.39 is 0 Å². The van der Waals surface area contributed by atoms with E-state index in [2.05, 4.69) is 20.6 Å². The Balaban J connectivity index is 1.65. The van der Waals surface area contributed by atoms with Gasteiger partial charge in [0.25, 0.3) is 0 Å². The normalized spacial score (nSPS) is 19.5. The van der Waals surface area contributed by atoms with Crippen molar-refractivity contribution in [3.63, 3.8) is 0 Å². The van der Waals surface area contributed by atoms with Gasteiger partial charge in [0, 0.05) is 30.4 Å². The molecule has 2 aromatic rings. The van der Waals surface area contributed by atoms with Crippen LogP contribution in [-0.4, -0.2) is 35.0 Å². The zero-order valence-electron chi connectivity index (χ0n) is 10.8. The number of hydrogen-bond donors (Lipinski definition) is 3. The summed E-state index contributed by atoms with van der Waals surface area (Å²) >= 11 is 0. The molecule has 5 heteroatoms. The van der Waals surface area contributed by atoms with Gasteiger partial charge in [0.2, 0.25) is 5.91 Å². The molecule has 100 valence electrons. The first kappa shape index (κ1) is 12.2. The van der Waals surface area contributed by atoms with Gasteiger partial charge >= 0.3 is 0 Å². The van der Waals surface area contributed by atoms with E-state index in [0.717, 1.165) is 42.5 Å². The third kappa shape index (κ3) is 2.76. The molecule has 1 aliphatic rings.